The zero-order chi connectivity index (χ0) is 14.9. The van der Waals surface area contributed by atoms with Gasteiger partial charge in [0.2, 0.25) is 0 Å². The van der Waals surface area contributed by atoms with Crippen LogP contribution in [-0.4, -0.2) is 25.8 Å². The average molecular weight is 283 g/mol. The Morgan fingerprint density at radius 1 is 1.14 bits per heavy atom. The minimum Gasteiger partial charge on any atom is -0.507 e. The quantitative estimate of drug-likeness (QED) is 0.884. The van der Waals surface area contributed by atoms with Gasteiger partial charge in [-0.2, -0.15) is 0 Å². The molecule has 21 heavy (non-hydrogen) atoms. The van der Waals surface area contributed by atoms with E-state index in [2.05, 4.69) is 11.4 Å². The predicted molar refractivity (Wildman–Crippen MR) is 84.9 cm³/mol. The number of likely N-dealkylation sites (N-methyl/N-ethyl adjacent to an activating group) is 1. The summed E-state index contributed by atoms with van der Waals surface area (Å²) in [6.07, 6.45) is 2.38. The van der Waals surface area contributed by atoms with Crippen molar-refractivity contribution in [3.63, 3.8) is 0 Å². The fraction of sp³-hybridized carbons (Fsp3) is 0.333. The van der Waals surface area contributed by atoms with Gasteiger partial charge >= 0.3 is 0 Å². The van der Waals surface area contributed by atoms with Crippen LogP contribution in [0.2, 0.25) is 0 Å². The summed E-state index contributed by atoms with van der Waals surface area (Å²) in [5.74, 6) is 1.17. The Balaban J connectivity index is 1.90. The Kier molecular flexibility index (Phi) is 3.60. The first-order valence-corrected chi connectivity index (χ1v) is 7.31. The maximum atomic E-state index is 10.4. The van der Waals surface area contributed by atoms with Gasteiger partial charge in [0.05, 0.1) is 7.11 Å². The molecular weight excluding hydrogens is 262 g/mol. The summed E-state index contributed by atoms with van der Waals surface area (Å²) in [6, 6.07) is 13.8. The van der Waals surface area contributed by atoms with Gasteiger partial charge in [-0.1, -0.05) is 24.3 Å². The van der Waals surface area contributed by atoms with E-state index in [1.807, 2.05) is 43.4 Å². The molecule has 0 amide bonds. The van der Waals surface area contributed by atoms with Crippen molar-refractivity contribution in [2.45, 2.75) is 18.3 Å². The number of methoxy groups -OCH3 is 1. The van der Waals surface area contributed by atoms with Crippen LogP contribution in [0.25, 0.3) is 11.1 Å². The van der Waals surface area contributed by atoms with Crippen LogP contribution in [0.4, 0.5) is 0 Å². The largest absolute Gasteiger partial charge is 0.507 e. The van der Waals surface area contributed by atoms with Gasteiger partial charge in [0.25, 0.3) is 0 Å². The number of benzene rings is 2. The van der Waals surface area contributed by atoms with Crippen LogP contribution in [-0.2, 0) is 5.41 Å². The normalized spacial score (nSPS) is 15.7. The highest BCUT2D eigenvalue weighted by Crippen LogP contribution is 2.49. The zero-order valence-corrected chi connectivity index (χ0v) is 12.5. The molecule has 1 saturated carbocycles. The SMILES string of the molecule is CNCC1(c2ccc(-c3ccc(OC)cc3)c(O)c2)CC1. The number of phenolic OH excluding ortho intramolecular Hbond substituents is 1. The smallest absolute Gasteiger partial charge is 0.123 e. The maximum absolute atomic E-state index is 10.4. The maximum Gasteiger partial charge on any atom is 0.123 e. The summed E-state index contributed by atoms with van der Waals surface area (Å²) in [5.41, 5.74) is 3.32. The van der Waals surface area contributed by atoms with Gasteiger partial charge in [-0.3, -0.25) is 0 Å². The molecule has 3 rings (SSSR count). The van der Waals surface area contributed by atoms with Gasteiger partial charge in [0.1, 0.15) is 11.5 Å². The van der Waals surface area contributed by atoms with Crippen LogP contribution in [0.3, 0.4) is 0 Å². The van der Waals surface area contributed by atoms with Gasteiger partial charge in [0.15, 0.2) is 0 Å². The highest BCUT2D eigenvalue weighted by Gasteiger charge is 2.43. The Morgan fingerprint density at radius 3 is 2.38 bits per heavy atom. The van der Waals surface area contributed by atoms with Crippen molar-refractivity contribution in [3.05, 3.63) is 48.0 Å². The van der Waals surface area contributed by atoms with Crippen molar-refractivity contribution in [2.24, 2.45) is 0 Å². The molecule has 0 aliphatic heterocycles. The van der Waals surface area contributed by atoms with Gasteiger partial charge in [0, 0.05) is 17.5 Å². The van der Waals surface area contributed by atoms with Crippen molar-refractivity contribution < 1.29 is 9.84 Å². The van der Waals surface area contributed by atoms with Crippen LogP contribution in [0.1, 0.15) is 18.4 Å². The fourth-order valence-electron chi connectivity index (χ4n) is 2.93. The highest BCUT2D eigenvalue weighted by molar-refractivity contribution is 5.71. The average Bonchev–Trinajstić information content (AvgIpc) is 3.29. The number of phenols is 1. The summed E-state index contributed by atoms with van der Waals surface area (Å²) in [6.45, 7) is 0.967. The van der Waals surface area contributed by atoms with Crippen molar-refractivity contribution in [1.29, 1.82) is 0 Å². The lowest BCUT2D eigenvalue weighted by Gasteiger charge is -2.16. The van der Waals surface area contributed by atoms with E-state index in [1.165, 1.54) is 18.4 Å². The number of rotatable bonds is 5. The molecule has 2 aromatic carbocycles. The molecule has 0 atom stereocenters. The molecule has 0 spiro atoms. The van der Waals surface area contributed by atoms with E-state index in [0.717, 1.165) is 23.4 Å². The molecule has 1 aliphatic carbocycles. The lowest BCUT2D eigenvalue weighted by Crippen LogP contribution is -2.23. The zero-order valence-electron chi connectivity index (χ0n) is 12.5. The number of nitrogens with one attached hydrogen (secondary N) is 1. The molecule has 2 aromatic rings. The summed E-state index contributed by atoms with van der Waals surface area (Å²) in [7, 11) is 3.63. The van der Waals surface area contributed by atoms with E-state index in [9.17, 15) is 5.11 Å². The summed E-state index contributed by atoms with van der Waals surface area (Å²) in [4.78, 5) is 0. The van der Waals surface area contributed by atoms with Crippen molar-refractivity contribution >= 4 is 0 Å². The molecule has 2 N–H and O–H groups in total. The van der Waals surface area contributed by atoms with E-state index < -0.39 is 0 Å². The van der Waals surface area contributed by atoms with Crippen LogP contribution < -0.4 is 10.1 Å². The topological polar surface area (TPSA) is 41.5 Å². The Morgan fingerprint density at radius 2 is 1.86 bits per heavy atom. The van der Waals surface area contributed by atoms with Crippen LogP contribution in [0.15, 0.2) is 42.5 Å². The lowest BCUT2D eigenvalue weighted by atomic mass is 9.93. The summed E-state index contributed by atoms with van der Waals surface area (Å²) >= 11 is 0. The van der Waals surface area contributed by atoms with E-state index in [-0.39, 0.29) is 5.41 Å². The second-order valence-electron chi connectivity index (χ2n) is 5.77. The first kappa shape index (κ1) is 14.0. The Labute approximate surface area is 125 Å². The second kappa shape index (κ2) is 5.41. The molecule has 0 saturated heterocycles. The fourth-order valence-corrected chi connectivity index (χ4v) is 2.93. The number of ether oxygens (including phenoxy) is 1. The first-order chi connectivity index (χ1) is 10.2. The minimum atomic E-state index is 0.227. The molecule has 1 fully saturated rings. The molecule has 0 heterocycles. The van der Waals surface area contributed by atoms with Gasteiger partial charge in [-0.25, -0.2) is 0 Å². The summed E-state index contributed by atoms with van der Waals surface area (Å²) < 4.78 is 5.16. The summed E-state index contributed by atoms with van der Waals surface area (Å²) in [5, 5.41) is 13.6. The van der Waals surface area contributed by atoms with E-state index >= 15 is 0 Å². The van der Waals surface area contributed by atoms with Gasteiger partial charge < -0.3 is 15.2 Å². The highest BCUT2D eigenvalue weighted by atomic mass is 16.5. The molecule has 0 aromatic heterocycles. The van der Waals surface area contributed by atoms with Crippen LogP contribution in [0, 0.1) is 0 Å². The molecule has 3 heteroatoms. The number of aromatic hydroxyl groups is 1. The standard InChI is InChI=1S/C18H21NO2/c1-19-12-18(9-10-18)14-5-8-16(17(20)11-14)13-3-6-15(21-2)7-4-13/h3-8,11,19-20H,9-10,12H2,1-2H3. The molecule has 0 radical (unpaired) electrons. The molecule has 0 unspecified atom stereocenters. The molecular formula is C18H21NO2. The number of hydrogen-bond donors (Lipinski definition) is 2. The van der Waals surface area contributed by atoms with Gasteiger partial charge in [-0.15, -0.1) is 0 Å². The third-order valence-electron chi connectivity index (χ3n) is 4.38. The monoisotopic (exact) mass is 283 g/mol. The van der Waals surface area contributed by atoms with E-state index in [4.69, 9.17) is 4.74 Å². The van der Waals surface area contributed by atoms with Crippen molar-refractivity contribution in [1.82, 2.24) is 5.32 Å². The van der Waals surface area contributed by atoms with Crippen LogP contribution >= 0.6 is 0 Å². The van der Waals surface area contributed by atoms with Crippen molar-refractivity contribution in [3.8, 4) is 22.6 Å². The molecule has 0 bridgehead atoms. The van der Waals surface area contributed by atoms with Crippen molar-refractivity contribution in [2.75, 3.05) is 20.7 Å². The Hall–Kier alpha value is -2.00. The van der Waals surface area contributed by atoms with E-state index in [0.29, 0.717) is 5.75 Å². The predicted octanol–water partition coefficient (Wildman–Crippen LogP) is 3.32. The minimum absolute atomic E-state index is 0.227. The first-order valence-electron chi connectivity index (χ1n) is 7.31. The number of hydrogen-bond acceptors (Lipinski definition) is 3. The molecule has 1 aliphatic rings. The Bertz CT molecular complexity index is 630. The van der Waals surface area contributed by atoms with E-state index in [1.54, 1.807) is 7.11 Å². The molecule has 3 nitrogen and oxygen atoms in total. The third kappa shape index (κ3) is 2.61. The molecule has 110 valence electrons. The lowest BCUT2D eigenvalue weighted by molar-refractivity contribution is 0.415. The third-order valence-corrected chi connectivity index (χ3v) is 4.38. The van der Waals surface area contributed by atoms with Crippen LogP contribution in [0.5, 0.6) is 11.5 Å². The van der Waals surface area contributed by atoms with Gasteiger partial charge in [-0.05, 0) is 49.2 Å². The second-order valence-corrected chi connectivity index (χ2v) is 5.77.